The maximum Gasteiger partial charge on any atom is 0.319 e. The first kappa shape index (κ1) is 20.7. The number of piperidine rings is 1. The van der Waals surface area contributed by atoms with Crippen molar-refractivity contribution in [2.75, 3.05) is 53.4 Å². The zero-order chi connectivity index (χ0) is 20.7. The van der Waals surface area contributed by atoms with Gasteiger partial charge in [-0.2, -0.15) is 0 Å². The third-order valence-corrected chi connectivity index (χ3v) is 6.93. The van der Waals surface area contributed by atoms with E-state index in [1.165, 1.54) is 0 Å². The van der Waals surface area contributed by atoms with Crippen molar-refractivity contribution in [3.05, 3.63) is 0 Å². The maximum absolute atomic E-state index is 13.4. The molecule has 1 N–H and O–H groups in total. The van der Waals surface area contributed by atoms with Gasteiger partial charge in [0.25, 0.3) is 0 Å². The van der Waals surface area contributed by atoms with Gasteiger partial charge in [0.2, 0.25) is 5.91 Å². The molecule has 3 aliphatic heterocycles. The Morgan fingerprint density at radius 1 is 1.07 bits per heavy atom. The molecule has 8 nitrogen and oxygen atoms in total. The molecule has 28 heavy (non-hydrogen) atoms. The number of amides is 5. The first-order valence-electron chi connectivity index (χ1n) is 10.5. The van der Waals surface area contributed by atoms with Gasteiger partial charge in [0.05, 0.1) is 5.41 Å². The second-order valence-electron chi connectivity index (χ2n) is 9.12. The van der Waals surface area contributed by atoms with E-state index in [1.54, 1.807) is 19.0 Å². The number of carbonyl (C=O) groups excluding carboxylic acids is 3. The zero-order valence-corrected chi connectivity index (χ0v) is 18.0. The summed E-state index contributed by atoms with van der Waals surface area (Å²) in [5.74, 6) is 0.198. The highest BCUT2D eigenvalue weighted by molar-refractivity contribution is 5.88. The van der Waals surface area contributed by atoms with E-state index in [4.69, 9.17) is 0 Å². The predicted molar refractivity (Wildman–Crippen MR) is 107 cm³/mol. The third kappa shape index (κ3) is 3.20. The highest BCUT2D eigenvalue weighted by Gasteiger charge is 2.66. The van der Waals surface area contributed by atoms with E-state index in [2.05, 4.69) is 5.32 Å². The monoisotopic (exact) mass is 393 g/mol. The largest absolute Gasteiger partial charge is 0.342 e. The minimum atomic E-state index is -0.505. The Kier molecular flexibility index (Phi) is 5.51. The Balaban J connectivity index is 1.84. The van der Waals surface area contributed by atoms with Crippen molar-refractivity contribution in [2.45, 2.75) is 46.1 Å². The SMILES string of the molecule is CCN1CC[C@@]2(CN(C(=O)N(C)C)CC23CCN(C(=O)NC(C)C)CC3)C1=O. The second-order valence-corrected chi connectivity index (χ2v) is 9.12. The Hall–Kier alpha value is -1.99. The van der Waals surface area contributed by atoms with Crippen LogP contribution in [-0.2, 0) is 4.79 Å². The molecular weight excluding hydrogens is 358 g/mol. The molecule has 3 rings (SSSR count). The van der Waals surface area contributed by atoms with Crippen molar-refractivity contribution in [1.29, 1.82) is 0 Å². The van der Waals surface area contributed by atoms with Crippen LogP contribution in [0, 0.1) is 10.8 Å². The molecule has 5 amide bonds. The summed E-state index contributed by atoms with van der Waals surface area (Å²) in [5.41, 5.74) is -0.746. The molecule has 0 aliphatic carbocycles. The normalized spacial score (nSPS) is 26.6. The number of likely N-dealkylation sites (tertiary alicyclic amines) is 3. The average Bonchev–Trinajstić information content (AvgIpc) is 3.13. The van der Waals surface area contributed by atoms with E-state index in [1.807, 2.05) is 35.5 Å². The fourth-order valence-electron chi connectivity index (χ4n) is 5.37. The molecule has 158 valence electrons. The molecule has 0 radical (unpaired) electrons. The first-order chi connectivity index (χ1) is 13.2. The molecule has 0 saturated carbocycles. The van der Waals surface area contributed by atoms with Gasteiger partial charge in [-0.3, -0.25) is 4.79 Å². The third-order valence-electron chi connectivity index (χ3n) is 6.93. The van der Waals surface area contributed by atoms with Gasteiger partial charge < -0.3 is 24.9 Å². The second kappa shape index (κ2) is 7.44. The molecule has 0 aromatic rings. The summed E-state index contributed by atoms with van der Waals surface area (Å²) in [6, 6.07) is 0.0361. The summed E-state index contributed by atoms with van der Waals surface area (Å²) in [5, 5.41) is 2.96. The number of nitrogens with zero attached hydrogens (tertiary/aromatic N) is 4. The Morgan fingerprint density at radius 2 is 1.71 bits per heavy atom. The smallest absolute Gasteiger partial charge is 0.319 e. The molecule has 2 spiro atoms. The summed E-state index contributed by atoms with van der Waals surface area (Å²) in [6.07, 6.45) is 2.33. The summed E-state index contributed by atoms with van der Waals surface area (Å²) >= 11 is 0. The highest BCUT2D eigenvalue weighted by Crippen LogP contribution is 2.57. The molecule has 1 atom stereocenters. The van der Waals surface area contributed by atoms with Crippen LogP contribution in [0.15, 0.2) is 0 Å². The molecule has 3 fully saturated rings. The van der Waals surface area contributed by atoms with Gasteiger partial charge in [-0.15, -0.1) is 0 Å². The molecule has 0 aromatic heterocycles. The average molecular weight is 394 g/mol. The van der Waals surface area contributed by atoms with Crippen LogP contribution >= 0.6 is 0 Å². The Morgan fingerprint density at radius 3 is 2.21 bits per heavy atom. The van der Waals surface area contributed by atoms with Gasteiger partial charge in [-0.05, 0) is 40.0 Å². The van der Waals surface area contributed by atoms with Crippen LogP contribution in [0.4, 0.5) is 9.59 Å². The van der Waals surface area contributed by atoms with Crippen LogP contribution in [0.25, 0.3) is 0 Å². The van der Waals surface area contributed by atoms with Crippen LogP contribution in [0.3, 0.4) is 0 Å². The fraction of sp³-hybridized carbons (Fsp3) is 0.850. The Labute approximate surface area is 168 Å². The number of fused-ring (bicyclic) bond motifs is 1. The summed E-state index contributed by atoms with van der Waals surface area (Å²) in [4.78, 5) is 45.8. The van der Waals surface area contributed by atoms with E-state index >= 15 is 0 Å². The Bertz CT molecular complexity index is 642. The van der Waals surface area contributed by atoms with E-state index in [0.717, 1.165) is 25.8 Å². The van der Waals surface area contributed by atoms with Crippen LogP contribution in [0.1, 0.15) is 40.0 Å². The molecule has 8 heteroatoms. The molecule has 3 saturated heterocycles. The van der Waals surface area contributed by atoms with Gasteiger partial charge in [-0.25, -0.2) is 9.59 Å². The predicted octanol–water partition coefficient (Wildman–Crippen LogP) is 1.42. The molecule has 3 heterocycles. The lowest BCUT2D eigenvalue weighted by Gasteiger charge is -2.46. The topological polar surface area (TPSA) is 76.2 Å². The number of nitrogens with one attached hydrogen (secondary N) is 1. The van der Waals surface area contributed by atoms with E-state index in [9.17, 15) is 14.4 Å². The van der Waals surface area contributed by atoms with Crippen LogP contribution in [-0.4, -0.2) is 97.0 Å². The van der Waals surface area contributed by atoms with Crippen molar-refractivity contribution < 1.29 is 14.4 Å². The van der Waals surface area contributed by atoms with Crippen molar-refractivity contribution in [1.82, 2.24) is 24.9 Å². The summed E-state index contributed by atoms with van der Waals surface area (Å²) < 4.78 is 0. The van der Waals surface area contributed by atoms with E-state index < -0.39 is 5.41 Å². The number of hydrogen-bond acceptors (Lipinski definition) is 3. The van der Waals surface area contributed by atoms with Crippen molar-refractivity contribution in [3.63, 3.8) is 0 Å². The van der Waals surface area contributed by atoms with Gasteiger partial charge in [-0.1, -0.05) is 0 Å². The maximum atomic E-state index is 13.4. The highest BCUT2D eigenvalue weighted by atomic mass is 16.2. The van der Waals surface area contributed by atoms with E-state index in [-0.39, 0.29) is 29.4 Å². The molecule has 0 bridgehead atoms. The number of rotatable bonds is 2. The lowest BCUT2D eigenvalue weighted by molar-refractivity contribution is -0.141. The number of urea groups is 2. The minimum Gasteiger partial charge on any atom is -0.342 e. The quantitative estimate of drug-likeness (QED) is 0.771. The molecule has 0 aromatic carbocycles. The first-order valence-corrected chi connectivity index (χ1v) is 10.5. The van der Waals surface area contributed by atoms with Gasteiger partial charge >= 0.3 is 12.1 Å². The molecule has 3 aliphatic rings. The van der Waals surface area contributed by atoms with Crippen LogP contribution < -0.4 is 5.32 Å². The van der Waals surface area contributed by atoms with Crippen molar-refractivity contribution in [2.24, 2.45) is 10.8 Å². The summed E-state index contributed by atoms with van der Waals surface area (Å²) in [6.45, 7) is 9.75. The van der Waals surface area contributed by atoms with Crippen molar-refractivity contribution in [3.8, 4) is 0 Å². The van der Waals surface area contributed by atoms with Crippen molar-refractivity contribution >= 4 is 18.0 Å². The number of carbonyl (C=O) groups is 3. The van der Waals surface area contributed by atoms with E-state index in [0.29, 0.717) is 32.7 Å². The standard InChI is InChI=1S/C20H35N5O3/c1-6-23-12-9-20(16(23)26)14-25(18(28)22(4)5)13-19(20)7-10-24(11-8-19)17(27)21-15(2)3/h15H,6-14H2,1-5H3,(H,21,27)/t20-/m1/s1. The molecular formula is C20H35N5O3. The van der Waals surface area contributed by atoms with Crippen LogP contribution in [0.5, 0.6) is 0 Å². The van der Waals surface area contributed by atoms with Crippen LogP contribution in [0.2, 0.25) is 0 Å². The van der Waals surface area contributed by atoms with Gasteiger partial charge in [0.15, 0.2) is 0 Å². The minimum absolute atomic E-state index is 0.0287. The van der Waals surface area contributed by atoms with Gasteiger partial charge in [0.1, 0.15) is 0 Å². The lowest BCUT2D eigenvalue weighted by atomic mass is 9.60. The summed E-state index contributed by atoms with van der Waals surface area (Å²) in [7, 11) is 3.52. The molecule has 0 unspecified atom stereocenters. The zero-order valence-electron chi connectivity index (χ0n) is 18.0. The van der Waals surface area contributed by atoms with Gasteiger partial charge in [0, 0.05) is 64.8 Å². The number of hydrogen-bond donors (Lipinski definition) is 1. The lowest BCUT2D eigenvalue weighted by Crippen LogP contribution is -2.55. The fourth-order valence-corrected chi connectivity index (χ4v) is 5.37.